The Balaban J connectivity index is 1.24. The van der Waals surface area contributed by atoms with E-state index in [0.29, 0.717) is 53.6 Å². The largest absolute Gasteiger partial charge is 0.494 e. The van der Waals surface area contributed by atoms with Crippen LogP contribution in [-0.2, 0) is 22.7 Å². The quantitative estimate of drug-likeness (QED) is 0.313. The summed E-state index contributed by atoms with van der Waals surface area (Å²) in [6, 6.07) is 20.4. The molecule has 1 aliphatic carbocycles. The smallest absolute Gasteiger partial charge is 0.327 e. The van der Waals surface area contributed by atoms with Crippen molar-refractivity contribution in [3.63, 3.8) is 0 Å². The van der Waals surface area contributed by atoms with Gasteiger partial charge in [0.2, 0.25) is 11.8 Å². The first kappa shape index (κ1) is 30.1. The summed E-state index contributed by atoms with van der Waals surface area (Å²) in [5.41, 5.74) is 2.57. The third-order valence-corrected chi connectivity index (χ3v) is 8.28. The van der Waals surface area contributed by atoms with Gasteiger partial charge in [-0.15, -0.1) is 0 Å². The third kappa shape index (κ3) is 7.17. The van der Waals surface area contributed by atoms with Crippen molar-refractivity contribution in [1.82, 2.24) is 15.1 Å². The van der Waals surface area contributed by atoms with Crippen molar-refractivity contribution in [1.29, 1.82) is 0 Å². The van der Waals surface area contributed by atoms with Crippen molar-refractivity contribution in [3.8, 4) is 5.75 Å². The molecule has 9 nitrogen and oxygen atoms in total. The minimum atomic E-state index is -0.475. The SMILES string of the molecule is CCOc1ccc(NC(=O)CN2C(=O)N(Cc3ccc(C(=O)NCc4ccccc4Cl)cc3)C(=O)C3CCCCC32)cc1. The molecule has 0 aromatic heterocycles. The fraction of sp³-hybridized carbons (Fsp3) is 0.333. The maximum atomic E-state index is 13.7. The lowest BCUT2D eigenvalue weighted by Gasteiger charge is -2.46. The summed E-state index contributed by atoms with van der Waals surface area (Å²) in [6.45, 7) is 2.64. The molecule has 2 aliphatic rings. The zero-order valence-electron chi connectivity index (χ0n) is 24.1. The van der Waals surface area contributed by atoms with Gasteiger partial charge in [0.05, 0.1) is 19.1 Å². The normalized spacial score (nSPS) is 18.2. The molecular weight excluding hydrogens is 568 g/mol. The first-order valence-electron chi connectivity index (χ1n) is 14.6. The number of urea groups is 1. The zero-order valence-corrected chi connectivity index (χ0v) is 24.8. The fourth-order valence-electron chi connectivity index (χ4n) is 5.71. The van der Waals surface area contributed by atoms with Gasteiger partial charge in [-0.2, -0.15) is 0 Å². The first-order chi connectivity index (χ1) is 20.8. The van der Waals surface area contributed by atoms with Crippen LogP contribution < -0.4 is 15.4 Å². The van der Waals surface area contributed by atoms with E-state index >= 15 is 0 Å². The molecule has 3 aromatic carbocycles. The highest BCUT2D eigenvalue weighted by Gasteiger charge is 2.47. The standard InChI is InChI=1S/C33H35ClN4O5/c1-2-43-26-17-15-25(16-18-26)36-30(39)21-37-29-10-6-4-8-27(29)32(41)38(33(37)42)20-22-11-13-23(14-12-22)31(40)35-19-24-7-3-5-9-28(24)34/h3,5,7,9,11-18,27,29H,2,4,6,8,10,19-21H2,1H3,(H,35,40)(H,36,39). The molecule has 2 N–H and O–H groups in total. The van der Waals surface area contributed by atoms with Crippen LogP contribution in [0.1, 0.15) is 54.1 Å². The van der Waals surface area contributed by atoms with E-state index in [9.17, 15) is 19.2 Å². The van der Waals surface area contributed by atoms with Gasteiger partial charge in [-0.05, 0) is 73.4 Å². The number of imide groups is 1. The Bertz CT molecular complexity index is 1480. The number of rotatable bonds is 10. The van der Waals surface area contributed by atoms with Gasteiger partial charge < -0.3 is 20.3 Å². The van der Waals surface area contributed by atoms with E-state index in [2.05, 4.69) is 10.6 Å². The average Bonchev–Trinajstić information content (AvgIpc) is 3.02. The third-order valence-electron chi connectivity index (χ3n) is 7.91. The predicted molar refractivity (Wildman–Crippen MR) is 164 cm³/mol. The van der Waals surface area contributed by atoms with E-state index in [1.165, 1.54) is 4.90 Å². The van der Waals surface area contributed by atoms with Gasteiger partial charge in [0.1, 0.15) is 12.3 Å². The second-order valence-corrected chi connectivity index (χ2v) is 11.2. The Morgan fingerprint density at radius 2 is 1.67 bits per heavy atom. The highest BCUT2D eigenvalue weighted by atomic mass is 35.5. The number of anilines is 1. The van der Waals surface area contributed by atoms with Crippen LogP contribution in [0.3, 0.4) is 0 Å². The van der Waals surface area contributed by atoms with Gasteiger partial charge in [-0.3, -0.25) is 19.3 Å². The lowest BCUT2D eigenvalue weighted by atomic mass is 9.81. The highest BCUT2D eigenvalue weighted by molar-refractivity contribution is 6.31. The molecule has 0 spiro atoms. The van der Waals surface area contributed by atoms with Crippen molar-refractivity contribution in [2.24, 2.45) is 5.92 Å². The van der Waals surface area contributed by atoms with Crippen molar-refractivity contribution in [2.75, 3.05) is 18.5 Å². The maximum absolute atomic E-state index is 13.7. The van der Waals surface area contributed by atoms with E-state index in [1.807, 2.05) is 25.1 Å². The molecule has 1 saturated heterocycles. The van der Waals surface area contributed by atoms with E-state index in [1.54, 1.807) is 59.5 Å². The average molecular weight is 603 g/mol. The Kier molecular flexibility index (Phi) is 9.61. The number of carbonyl (C=O) groups excluding carboxylic acids is 4. The molecule has 10 heteroatoms. The monoisotopic (exact) mass is 602 g/mol. The Morgan fingerprint density at radius 3 is 2.40 bits per heavy atom. The number of fused-ring (bicyclic) bond motifs is 1. The number of amides is 5. The number of carbonyl (C=O) groups is 4. The molecule has 0 bridgehead atoms. The van der Waals surface area contributed by atoms with Gasteiger partial charge in [-0.1, -0.05) is 54.8 Å². The van der Waals surface area contributed by atoms with Crippen LogP contribution in [0.15, 0.2) is 72.8 Å². The predicted octanol–water partition coefficient (Wildman–Crippen LogP) is 5.63. The number of hydrogen-bond donors (Lipinski definition) is 2. The summed E-state index contributed by atoms with van der Waals surface area (Å²) in [4.78, 5) is 55.7. The van der Waals surface area contributed by atoms with Crippen molar-refractivity contribution in [2.45, 2.75) is 51.7 Å². The number of ether oxygens (including phenoxy) is 1. The van der Waals surface area contributed by atoms with Crippen LogP contribution in [0.5, 0.6) is 5.75 Å². The van der Waals surface area contributed by atoms with Crippen molar-refractivity contribution < 1.29 is 23.9 Å². The lowest BCUT2D eigenvalue weighted by molar-refractivity contribution is -0.142. The van der Waals surface area contributed by atoms with Crippen LogP contribution in [0.2, 0.25) is 5.02 Å². The fourth-order valence-corrected chi connectivity index (χ4v) is 5.92. The van der Waals surface area contributed by atoms with E-state index in [-0.39, 0.29) is 42.8 Å². The van der Waals surface area contributed by atoms with E-state index in [0.717, 1.165) is 18.4 Å². The van der Waals surface area contributed by atoms with Crippen LogP contribution in [0.4, 0.5) is 10.5 Å². The van der Waals surface area contributed by atoms with E-state index in [4.69, 9.17) is 16.3 Å². The van der Waals surface area contributed by atoms with Gasteiger partial charge in [0.25, 0.3) is 5.91 Å². The second-order valence-electron chi connectivity index (χ2n) is 10.8. The van der Waals surface area contributed by atoms with Gasteiger partial charge in [0, 0.05) is 28.9 Å². The van der Waals surface area contributed by atoms with Crippen LogP contribution in [0, 0.1) is 5.92 Å². The zero-order chi connectivity index (χ0) is 30.3. The van der Waals surface area contributed by atoms with Gasteiger partial charge >= 0.3 is 6.03 Å². The topological polar surface area (TPSA) is 108 Å². The van der Waals surface area contributed by atoms with Crippen molar-refractivity contribution in [3.05, 3.63) is 94.5 Å². The summed E-state index contributed by atoms with van der Waals surface area (Å²) >= 11 is 6.18. The molecule has 1 aliphatic heterocycles. The van der Waals surface area contributed by atoms with Crippen LogP contribution >= 0.6 is 11.6 Å². The minimum Gasteiger partial charge on any atom is -0.494 e. The Morgan fingerprint density at radius 1 is 0.953 bits per heavy atom. The molecule has 5 rings (SSSR count). The molecule has 1 saturated carbocycles. The molecule has 2 atom stereocenters. The molecule has 2 fully saturated rings. The number of halogens is 1. The first-order valence-corrected chi connectivity index (χ1v) is 15.0. The van der Waals surface area contributed by atoms with Crippen LogP contribution in [-0.4, -0.2) is 52.7 Å². The molecule has 3 aromatic rings. The minimum absolute atomic E-state index is 0.0550. The number of nitrogens with one attached hydrogen (secondary N) is 2. The molecule has 43 heavy (non-hydrogen) atoms. The molecule has 5 amide bonds. The lowest BCUT2D eigenvalue weighted by Crippen LogP contribution is -2.63. The van der Waals surface area contributed by atoms with E-state index < -0.39 is 6.03 Å². The number of hydrogen-bond acceptors (Lipinski definition) is 5. The summed E-state index contributed by atoms with van der Waals surface area (Å²) in [7, 11) is 0. The molecular formula is C33H35ClN4O5. The van der Waals surface area contributed by atoms with Crippen molar-refractivity contribution >= 4 is 41.0 Å². The molecule has 2 unspecified atom stereocenters. The highest BCUT2D eigenvalue weighted by Crippen LogP contribution is 2.35. The summed E-state index contributed by atoms with van der Waals surface area (Å²) in [5.74, 6) is -0.440. The summed E-state index contributed by atoms with van der Waals surface area (Å²) in [6.07, 6.45) is 3.16. The van der Waals surface area contributed by atoms with Gasteiger partial charge in [-0.25, -0.2) is 4.79 Å². The van der Waals surface area contributed by atoms with Crippen LogP contribution in [0.25, 0.3) is 0 Å². The molecule has 224 valence electrons. The summed E-state index contributed by atoms with van der Waals surface area (Å²) in [5, 5.41) is 6.29. The number of nitrogens with zero attached hydrogens (tertiary/aromatic N) is 2. The Hall–Kier alpha value is -4.37. The van der Waals surface area contributed by atoms with Gasteiger partial charge in [0.15, 0.2) is 0 Å². The number of benzene rings is 3. The molecule has 1 heterocycles. The maximum Gasteiger partial charge on any atom is 0.327 e. The second kappa shape index (κ2) is 13.7. The summed E-state index contributed by atoms with van der Waals surface area (Å²) < 4.78 is 5.45. The molecule has 0 radical (unpaired) electrons. The Labute approximate surface area is 256 Å².